The average molecular weight is 343 g/mol. The molecule has 1 rings (SSSR count). The molecule has 0 radical (unpaired) electrons. The van der Waals surface area contributed by atoms with Gasteiger partial charge in [0.2, 0.25) is 15.9 Å². The molecule has 1 aromatic rings. The van der Waals surface area contributed by atoms with E-state index in [4.69, 9.17) is 4.74 Å². The van der Waals surface area contributed by atoms with Crippen molar-refractivity contribution in [1.82, 2.24) is 14.5 Å². The Bertz CT molecular complexity index is 653. The largest absolute Gasteiger partial charge is 0.484 e. The summed E-state index contributed by atoms with van der Waals surface area (Å²) in [7, 11) is 2.53. The van der Waals surface area contributed by atoms with E-state index in [0.717, 1.165) is 0 Å². The number of nitrogens with zero attached hydrogens (tertiary/aromatic N) is 2. The summed E-state index contributed by atoms with van der Waals surface area (Å²) in [5, 5.41) is 0. The quantitative estimate of drug-likeness (QED) is 0.721. The molecule has 0 unspecified atom stereocenters. The third-order valence-electron chi connectivity index (χ3n) is 2.91. The summed E-state index contributed by atoms with van der Waals surface area (Å²) in [5.41, 5.74) is 0. The predicted octanol–water partition coefficient (Wildman–Crippen LogP) is -0.480. The van der Waals surface area contributed by atoms with Gasteiger partial charge in [-0.1, -0.05) is 0 Å². The molecule has 128 valence electrons. The van der Waals surface area contributed by atoms with Gasteiger partial charge in [-0.3, -0.25) is 9.59 Å². The van der Waals surface area contributed by atoms with E-state index in [0.29, 0.717) is 5.75 Å². The Morgan fingerprint density at radius 1 is 1.00 bits per heavy atom. The van der Waals surface area contributed by atoms with Crippen LogP contribution in [0.2, 0.25) is 0 Å². The third kappa shape index (κ3) is 5.87. The number of hydrogen-bond acceptors (Lipinski definition) is 5. The molecule has 9 heteroatoms. The highest BCUT2D eigenvalue weighted by Gasteiger charge is 2.16. The minimum absolute atomic E-state index is 0.00958. The van der Waals surface area contributed by atoms with Crippen LogP contribution in [0.4, 0.5) is 0 Å². The molecule has 0 aliphatic carbocycles. The van der Waals surface area contributed by atoms with E-state index < -0.39 is 10.0 Å². The number of benzene rings is 1. The number of likely N-dealkylation sites (N-methyl/N-ethyl adjacent to an activating group) is 2. The summed E-state index contributed by atoms with van der Waals surface area (Å²) < 4.78 is 31.6. The SMILES string of the molecule is CN(C)C(=O)CNS(=O)(=O)c1ccc(OCC(=O)N(C)C)cc1. The molecule has 23 heavy (non-hydrogen) atoms. The van der Waals surface area contributed by atoms with Crippen LogP contribution in [-0.4, -0.2) is 71.4 Å². The minimum Gasteiger partial charge on any atom is -0.484 e. The smallest absolute Gasteiger partial charge is 0.259 e. The molecule has 8 nitrogen and oxygen atoms in total. The highest BCUT2D eigenvalue weighted by molar-refractivity contribution is 7.89. The monoisotopic (exact) mass is 343 g/mol. The van der Waals surface area contributed by atoms with Gasteiger partial charge in [-0.2, -0.15) is 0 Å². The summed E-state index contributed by atoms with van der Waals surface area (Å²) in [4.78, 5) is 25.5. The molecule has 0 saturated carbocycles. The van der Waals surface area contributed by atoms with Crippen LogP contribution < -0.4 is 9.46 Å². The average Bonchev–Trinajstić information content (AvgIpc) is 2.50. The maximum Gasteiger partial charge on any atom is 0.259 e. The van der Waals surface area contributed by atoms with E-state index in [1.165, 1.54) is 48.2 Å². The maximum absolute atomic E-state index is 12.0. The zero-order valence-corrected chi connectivity index (χ0v) is 14.4. The number of hydrogen-bond donors (Lipinski definition) is 1. The fourth-order valence-corrected chi connectivity index (χ4v) is 2.36. The number of carbonyl (C=O) groups is 2. The van der Waals surface area contributed by atoms with Crippen LogP contribution >= 0.6 is 0 Å². The van der Waals surface area contributed by atoms with Crippen LogP contribution in [0.5, 0.6) is 5.75 Å². The lowest BCUT2D eigenvalue weighted by molar-refractivity contribution is -0.130. The summed E-state index contributed by atoms with van der Waals surface area (Å²) >= 11 is 0. The first-order valence-electron chi connectivity index (χ1n) is 6.76. The number of sulfonamides is 1. The number of carbonyl (C=O) groups excluding carboxylic acids is 2. The highest BCUT2D eigenvalue weighted by Crippen LogP contribution is 2.15. The lowest BCUT2D eigenvalue weighted by Crippen LogP contribution is -2.36. The van der Waals surface area contributed by atoms with Gasteiger partial charge in [-0.25, -0.2) is 13.1 Å². The first-order chi connectivity index (χ1) is 10.6. The molecule has 0 aliphatic rings. The Labute approximate surface area is 136 Å². The second-order valence-corrected chi connectivity index (χ2v) is 6.93. The molecule has 0 atom stereocenters. The normalized spacial score (nSPS) is 11.0. The molecule has 0 fully saturated rings. The van der Waals surface area contributed by atoms with Gasteiger partial charge in [0.25, 0.3) is 5.91 Å². The van der Waals surface area contributed by atoms with Crippen LogP contribution in [0.1, 0.15) is 0 Å². The number of ether oxygens (including phenoxy) is 1. The zero-order valence-electron chi connectivity index (χ0n) is 13.6. The maximum atomic E-state index is 12.0. The van der Waals surface area contributed by atoms with Crippen molar-refractivity contribution in [2.45, 2.75) is 4.90 Å². The van der Waals surface area contributed by atoms with Gasteiger partial charge in [0.1, 0.15) is 5.75 Å². The zero-order chi connectivity index (χ0) is 17.6. The fraction of sp³-hybridized carbons (Fsp3) is 0.429. The van der Waals surface area contributed by atoms with Crippen molar-refractivity contribution in [2.24, 2.45) is 0 Å². The van der Waals surface area contributed by atoms with Crippen LogP contribution in [0.3, 0.4) is 0 Å². The van der Waals surface area contributed by atoms with E-state index in [1.807, 2.05) is 0 Å². The van der Waals surface area contributed by atoms with Gasteiger partial charge in [0, 0.05) is 28.2 Å². The molecule has 1 N–H and O–H groups in total. The van der Waals surface area contributed by atoms with Crippen molar-refractivity contribution in [3.05, 3.63) is 24.3 Å². The Kier molecular flexibility index (Phi) is 6.52. The number of nitrogens with one attached hydrogen (secondary N) is 1. The van der Waals surface area contributed by atoms with Gasteiger partial charge < -0.3 is 14.5 Å². The summed E-state index contributed by atoms with van der Waals surface area (Å²) in [5.74, 6) is -0.176. The second-order valence-electron chi connectivity index (χ2n) is 5.16. The molecule has 0 spiro atoms. The van der Waals surface area contributed by atoms with E-state index >= 15 is 0 Å². The van der Waals surface area contributed by atoms with Crippen molar-refractivity contribution < 1.29 is 22.7 Å². The van der Waals surface area contributed by atoms with Crippen molar-refractivity contribution in [1.29, 1.82) is 0 Å². The second kappa shape index (κ2) is 7.93. The predicted molar refractivity (Wildman–Crippen MR) is 84.5 cm³/mol. The van der Waals surface area contributed by atoms with Gasteiger partial charge in [0.05, 0.1) is 11.4 Å². The molecule has 0 bridgehead atoms. The molecule has 0 saturated heterocycles. The lowest BCUT2D eigenvalue weighted by Gasteiger charge is -2.12. The van der Waals surface area contributed by atoms with Crippen LogP contribution in [-0.2, 0) is 19.6 Å². The van der Waals surface area contributed by atoms with Crippen molar-refractivity contribution in [3.8, 4) is 5.75 Å². The van der Waals surface area contributed by atoms with Crippen molar-refractivity contribution >= 4 is 21.8 Å². The van der Waals surface area contributed by atoms with Gasteiger partial charge in [-0.05, 0) is 24.3 Å². The Morgan fingerprint density at radius 3 is 2.00 bits per heavy atom. The highest BCUT2D eigenvalue weighted by atomic mass is 32.2. The fourth-order valence-electron chi connectivity index (χ4n) is 1.39. The van der Waals surface area contributed by atoms with Crippen LogP contribution in [0.25, 0.3) is 0 Å². The molecule has 2 amide bonds. The molecule has 0 aromatic heterocycles. The minimum atomic E-state index is -3.78. The van der Waals surface area contributed by atoms with E-state index in [-0.39, 0.29) is 29.9 Å². The Hall–Kier alpha value is -2.13. The van der Waals surface area contributed by atoms with E-state index in [9.17, 15) is 18.0 Å². The van der Waals surface area contributed by atoms with Crippen LogP contribution in [0, 0.1) is 0 Å². The molecule has 0 aliphatic heterocycles. The number of amides is 2. The topological polar surface area (TPSA) is 96.0 Å². The van der Waals surface area contributed by atoms with Crippen molar-refractivity contribution in [3.63, 3.8) is 0 Å². The Morgan fingerprint density at radius 2 is 1.52 bits per heavy atom. The van der Waals surface area contributed by atoms with E-state index in [1.54, 1.807) is 14.1 Å². The van der Waals surface area contributed by atoms with Gasteiger partial charge >= 0.3 is 0 Å². The number of rotatable bonds is 7. The molecular weight excluding hydrogens is 322 g/mol. The first-order valence-corrected chi connectivity index (χ1v) is 8.24. The summed E-state index contributed by atoms with van der Waals surface area (Å²) in [6.45, 7) is -0.445. The first kappa shape index (κ1) is 18.9. The van der Waals surface area contributed by atoms with E-state index in [2.05, 4.69) is 4.72 Å². The Balaban J connectivity index is 2.68. The molecule has 0 heterocycles. The third-order valence-corrected chi connectivity index (χ3v) is 4.32. The molecular formula is C14H21N3O5S. The standard InChI is InChI=1S/C14H21N3O5S/c1-16(2)13(18)9-15-23(20,21)12-7-5-11(6-8-12)22-10-14(19)17(3)4/h5-8,15H,9-10H2,1-4H3. The van der Waals surface area contributed by atoms with Gasteiger partial charge in [-0.15, -0.1) is 0 Å². The summed E-state index contributed by atoms with van der Waals surface area (Å²) in [6, 6.07) is 5.59. The van der Waals surface area contributed by atoms with Crippen molar-refractivity contribution in [2.75, 3.05) is 41.3 Å². The lowest BCUT2D eigenvalue weighted by atomic mass is 10.3. The van der Waals surface area contributed by atoms with Gasteiger partial charge in [0.15, 0.2) is 6.61 Å². The summed E-state index contributed by atoms with van der Waals surface area (Å²) in [6.07, 6.45) is 0. The van der Waals surface area contributed by atoms with Crippen LogP contribution in [0.15, 0.2) is 29.2 Å². The molecule has 1 aromatic carbocycles.